The fourth-order valence-electron chi connectivity index (χ4n) is 4.53. The van der Waals surface area contributed by atoms with E-state index in [4.69, 9.17) is 5.11 Å². The fraction of sp³-hybridized carbons (Fsp3) is 0.652. The highest BCUT2D eigenvalue weighted by atomic mass is 16.4. The van der Waals surface area contributed by atoms with Gasteiger partial charge in [0.2, 0.25) is 0 Å². The molecule has 0 unspecified atom stereocenters. The van der Waals surface area contributed by atoms with Crippen LogP contribution < -0.4 is 5.32 Å². The van der Waals surface area contributed by atoms with Crippen molar-refractivity contribution in [2.45, 2.75) is 62.8 Å². The van der Waals surface area contributed by atoms with Gasteiger partial charge in [-0.15, -0.1) is 0 Å². The van der Waals surface area contributed by atoms with E-state index >= 15 is 0 Å². The van der Waals surface area contributed by atoms with Crippen molar-refractivity contribution in [1.29, 1.82) is 5.26 Å². The second-order valence-electron chi connectivity index (χ2n) is 9.21. The lowest BCUT2D eigenvalue weighted by Gasteiger charge is -2.42. The van der Waals surface area contributed by atoms with Crippen LogP contribution in [0.5, 0.6) is 0 Å². The van der Waals surface area contributed by atoms with Crippen molar-refractivity contribution < 1.29 is 9.90 Å². The van der Waals surface area contributed by atoms with Gasteiger partial charge in [0, 0.05) is 19.1 Å². The average Bonchev–Trinajstić information content (AvgIpc) is 3.62. The number of nitriles is 1. The summed E-state index contributed by atoms with van der Waals surface area (Å²) in [4.78, 5) is 13.2. The van der Waals surface area contributed by atoms with Crippen molar-refractivity contribution in [3.05, 3.63) is 35.4 Å². The van der Waals surface area contributed by atoms with Gasteiger partial charge in [-0.25, -0.2) is 0 Å². The van der Waals surface area contributed by atoms with E-state index in [1.54, 1.807) is 0 Å². The zero-order chi connectivity index (χ0) is 19.6. The molecule has 0 spiro atoms. The van der Waals surface area contributed by atoms with E-state index in [-0.39, 0.29) is 17.3 Å². The number of piperidine rings is 1. The molecule has 0 bridgehead atoms. The second kappa shape index (κ2) is 7.85. The molecule has 5 nitrogen and oxygen atoms in total. The summed E-state index contributed by atoms with van der Waals surface area (Å²) in [6.07, 6.45) is 8.08. The first-order chi connectivity index (χ1) is 13.5. The Labute approximate surface area is 167 Å². The number of carbonyl (C=O) groups is 1. The summed E-state index contributed by atoms with van der Waals surface area (Å²) in [5.41, 5.74) is 2.57. The molecule has 1 saturated heterocycles. The summed E-state index contributed by atoms with van der Waals surface area (Å²) in [6.45, 7) is 3.67. The van der Waals surface area contributed by atoms with Crippen molar-refractivity contribution in [1.82, 2.24) is 10.2 Å². The zero-order valence-corrected chi connectivity index (χ0v) is 16.6. The maximum absolute atomic E-state index is 10.9. The largest absolute Gasteiger partial charge is 0.481 e. The summed E-state index contributed by atoms with van der Waals surface area (Å²) < 4.78 is 0. The Morgan fingerprint density at radius 2 is 1.86 bits per heavy atom. The van der Waals surface area contributed by atoms with Crippen LogP contribution in [0.2, 0.25) is 0 Å². The predicted molar refractivity (Wildman–Crippen MR) is 108 cm³/mol. The molecule has 1 heterocycles. The van der Waals surface area contributed by atoms with Crippen molar-refractivity contribution in [2.75, 3.05) is 26.2 Å². The van der Waals surface area contributed by atoms with Crippen molar-refractivity contribution >= 4 is 5.97 Å². The number of rotatable bonds is 9. The third kappa shape index (κ3) is 4.56. The number of nitrogens with zero attached hydrogens (tertiary/aromatic N) is 2. The molecule has 1 aliphatic heterocycles. The van der Waals surface area contributed by atoms with Gasteiger partial charge in [-0.05, 0) is 74.6 Å². The molecule has 3 aliphatic rings. The summed E-state index contributed by atoms with van der Waals surface area (Å²) >= 11 is 0. The van der Waals surface area contributed by atoms with E-state index in [1.165, 1.54) is 24.0 Å². The van der Waals surface area contributed by atoms with E-state index in [9.17, 15) is 10.1 Å². The normalized spacial score (nSPS) is 23.1. The van der Waals surface area contributed by atoms with Gasteiger partial charge >= 0.3 is 5.97 Å². The van der Waals surface area contributed by atoms with Crippen LogP contribution >= 0.6 is 0 Å². The number of benzene rings is 1. The quantitative estimate of drug-likeness (QED) is 0.687. The van der Waals surface area contributed by atoms with Crippen LogP contribution in [0.4, 0.5) is 0 Å². The highest BCUT2D eigenvalue weighted by molar-refractivity contribution is 5.66. The Morgan fingerprint density at radius 3 is 2.39 bits per heavy atom. The Balaban J connectivity index is 1.40. The lowest BCUT2D eigenvalue weighted by atomic mass is 9.73. The van der Waals surface area contributed by atoms with Gasteiger partial charge in [-0.3, -0.25) is 4.79 Å². The molecule has 1 aromatic carbocycles. The molecular formula is C23H31N3O2. The van der Waals surface area contributed by atoms with Crippen molar-refractivity contribution in [3.8, 4) is 6.07 Å². The topological polar surface area (TPSA) is 76.4 Å². The molecular weight excluding hydrogens is 350 g/mol. The van der Waals surface area contributed by atoms with Crippen LogP contribution in [0.1, 0.15) is 56.1 Å². The maximum atomic E-state index is 10.9. The van der Waals surface area contributed by atoms with Crippen molar-refractivity contribution in [3.63, 3.8) is 0 Å². The first kappa shape index (κ1) is 19.4. The molecule has 0 atom stereocenters. The van der Waals surface area contributed by atoms with Crippen LogP contribution in [0.3, 0.4) is 0 Å². The van der Waals surface area contributed by atoms with Crippen LogP contribution in [0.15, 0.2) is 24.3 Å². The summed E-state index contributed by atoms with van der Waals surface area (Å²) in [5, 5.41) is 22.1. The van der Waals surface area contributed by atoms with Gasteiger partial charge in [0.25, 0.3) is 0 Å². The lowest BCUT2D eigenvalue weighted by Crippen LogP contribution is -2.47. The Bertz CT molecular complexity index is 736. The number of aliphatic carboxylic acids is 1. The molecule has 1 aromatic rings. The average molecular weight is 382 g/mol. The summed E-state index contributed by atoms with van der Waals surface area (Å²) in [7, 11) is 0. The monoisotopic (exact) mass is 381 g/mol. The number of nitrogens with one attached hydrogen (secondary N) is 1. The first-order valence-corrected chi connectivity index (χ1v) is 10.7. The van der Waals surface area contributed by atoms with E-state index in [0.717, 1.165) is 51.7 Å². The molecule has 3 fully saturated rings. The highest BCUT2D eigenvalue weighted by Crippen LogP contribution is 2.47. The Kier molecular flexibility index (Phi) is 5.44. The van der Waals surface area contributed by atoms with Gasteiger partial charge in [-0.1, -0.05) is 24.3 Å². The van der Waals surface area contributed by atoms with Gasteiger partial charge < -0.3 is 15.3 Å². The minimum atomic E-state index is -0.710. The van der Waals surface area contributed by atoms with E-state index < -0.39 is 5.97 Å². The lowest BCUT2D eigenvalue weighted by molar-refractivity contribution is -0.137. The smallest absolute Gasteiger partial charge is 0.304 e. The van der Waals surface area contributed by atoms with Crippen LogP contribution in [-0.4, -0.2) is 48.2 Å². The van der Waals surface area contributed by atoms with Gasteiger partial charge in [0.05, 0.1) is 17.9 Å². The molecule has 2 N–H and O–H groups in total. The molecule has 0 radical (unpaired) electrons. The first-order valence-electron chi connectivity index (χ1n) is 10.7. The van der Waals surface area contributed by atoms with E-state index in [2.05, 4.69) is 40.6 Å². The van der Waals surface area contributed by atoms with Crippen LogP contribution in [0, 0.1) is 16.7 Å². The molecule has 2 aliphatic carbocycles. The molecule has 0 amide bonds. The third-order valence-corrected chi connectivity index (χ3v) is 6.95. The second-order valence-corrected chi connectivity index (χ2v) is 9.21. The zero-order valence-electron chi connectivity index (χ0n) is 16.6. The molecule has 28 heavy (non-hydrogen) atoms. The highest BCUT2D eigenvalue weighted by Gasteiger charge is 2.44. The van der Waals surface area contributed by atoms with Gasteiger partial charge in [0.15, 0.2) is 0 Å². The van der Waals surface area contributed by atoms with Gasteiger partial charge in [-0.2, -0.15) is 5.26 Å². The maximum Gasteiger partial charge on any atom is 0.304 e. The minimum Gasteiger partial charge on any atom is -0.481 e. The molecule has 0 aromatic heterocycles. The Morgan fingerprint density at radius 1 is 1.18 bits per heavy atom. The number of hydrogen-bond acceptors (Lipinski definition) is 4. The van der Waals surface area contributed by atoms with E-state index in [1.807, 2.05) is 0 Å². The number of hydrogen-bond donors (Lipinski definition) is 2. The predicted octanol–water partition coefficient (Wildman–Crippen LogP) is 3.09. The third-order valence-electron chi connectivity index (χ3n) is 6.95. The molecule has 5 heteroatoms. The van der Waals surface area contributed by atoms with Gasteiger partial charge in [0.1, 0.15) is 0 Å². The van der Waals surface area contributed by atoms with Crippen molar-refractivity contribution in [2.24, 2.45) is 5.41 Å². The standard InChI is InChI=1S/C23H31N3O2/c24-16-23(8-9-23)19-3-1-18(2-4-19)15-22(17-25-20-5-6-20)10-13-26(14-11-22)12-7-21(27)28/h1-4,20,25H,5-15,17H2,(H,27,28). The van der Waals surface area contributed by atoms with Crippen LogP contribution in [0.25, 0.3) is 0 Å². The molecule has 4 rings (SSSR count). The SMILES string of the molecule is N#CC1(c2ccc(CC3(CNC4CC4)CCN(CCC(=O)O)CC3)cc2)CC1. The minimum absolute atomic E-state index is 0.209. The number of carboxylic acid groups (broad SMARTS) is 1. The summed E-state index contributed by atoms with van der Waals surface area (Å²) in [5.74, 6) is -0.710. The molecule has 2 saturated carbocycles. The fourth-order valence-corrected chi connectivity index (χ4v) is 4.53. The molecule has 150 valence electrons. The van der Waals surface area contributed by atoms with Crippen LogP contribution in [-0.2, 0) is 16.6 Å². The number of carboxylic acids is 1. The Hall–Kier alpha value is -1.90. The number of likely N-dealkylation sites (tertiary alicyclic amines) is 1. The summed E-state index contributed by atoms with van der Waals surface area (Å²) in [6, 6.07) is 12.0. The van der Waals surface area contributed by atoms with E-state index in [0.29, 0.717) is 12.6 Å².